The van der Waals surface area contributed by atoms with Crippen LogP contribution >= 0.6 is 0 Å². The molecule has 3 rings (SSSR count). The van der Waals surface area contributed by atoms with Crippen LogP contribution in [0.4, 0.5) is 23.2 Å². The molecule has 3 aromatic carbocycles. The summed E-state index contributed by atoms with van der Waals surface area (Å²) in [5.41, 5.74) is -1.02. The molecule has 0 heterocycles. The smallest absolute Gasteiger partial charge is 0.355 e. The molecule has 1 N–H and O–H groups in total. The first kappa shape index (κ1) is 29.6. The number of carbonyl (C=O) groups excluding carboxylic acids is 2. The van der Waals surface area contributed by atoms with Crippen molar-refractivity contribution < 1.29 is 35.6 Å². The van der Waals surface area contributed by atoms with E-state index in [2.05, 4.69) is 5.32 Å². The normalized spacial score (nSPS) is 12.5. The fourth-order valence-corrected chi connectivity index (χ4v) is 5.20. The van der Waals surface area contributed by atoms with Gasteiger partial charge in [0, 0.05) is 13.1 Å². The maximum absolute atomic E-state index is 13.7. The van der Waals surface area contributed by atoms with Gasteiger partial charge in [0.15, 0.2) is 0 Å². The van der Waals surface area contributed by atoms with Crippen LogP contribution in [0.3, 0.4) is 0 Å². The summed E-state index contributed by atoms with van der Waals surface area (Å²) in [5.74, 6) is -1.89. The van der Waals surface area contributed by atoms with Crippen molar-refractivity contribution in [1.29, 1.82) is 0 Å². The van der Waals surface area contributed by atoms with Crippen molar-refractivity contribution >= 4 is 27.5 Å². The molecule has 0 aliphatic rings. The number of hydrogen-bond acceptors (Lipinski definition) is 4. The molecule has 39 heavy (non-hydrogen) atoms. The Bertz CT molecular complexity index is 1400. The highest BCUT2D eigenvalue weighted by molar-refractivity contribution is 7.92. The van der Waals surface area contributed by atoms with Gasteiger partial charge in [-0.2, -0.15) is 13.2 Å². The second-order valence-corrected chi connectivity index (χ2v) is 10.5. The summed E-state index contributed by atoms with van der Waals surface area (Å²) in [5, 5.41) is 2.59. The zero-order valence-corrected chi connectivity index (χ0v) is 22.0. The lowest BCUT2D eigenvalue weighted by molar-refractivity contribution is -0.139. The standard InChI is InChI=1S/C27H27F4N3O4S/c1-3-32-26(36)19(2)33(17-20-12-14-22(28)15-13-20)25(35)18-34(39(37,38)24-10-5-4-6-11-24)23-9-7-8-21(16-23)27(29,30)31/h4-16,19H,3,17-18H2,1-2H3,(H,32,36)/t19-/m0/s1. The number of nitrogens with zero attached hydrogens (tertiary/aromatic N) is 2. The minimum atomic E-state index is -4.76. The maximum Gasteiger partial charge on any atom is 0.416 e. The molecule has 0 aliphatic carbocycles. The van der Waals surface area contributed by atoms with Crippen LogP contribution in [0.2, 0.25) is 0 Å². The molecule has 0 unspecified atom stereocenters. The van der Waals surface area contributed by atoms with Crippen molar-refractivity contribution in [3.63, 3.8) is 0 Å². The molecule has 2 amide bonds. The Kier molecular flexibility index (Phi) is 9.33. The van der Waals surface area contributed by atoms with Crippen LogP contribution in [0.1, 0.15) is 25.0 Å². The van der Waals surface area contributed by atoms with Crippen molar-refractivity contribution in [1.82, 2.24) is 10.2 Å². The number of rotatable bonds is 10. The topological polar surface area (TPSA) is 86.8 Å². The van der Waals surface area contributed by atoms with E-state index in [1.54, 1.807) is 13.0 Å². The monoisotopic (exact) mass is 565 g/mol. The van der Waals surface area contributed by atoms with Gasteiger partial charge in [-0.15, -0.1) is 0 Å². The minimum Gasteiger partial charge on any atom is -0.355 e. The van der Waals surface area contributed by atoms with Crippen LogP contribution in [0, 0.1) is 5.82 Å². The first-order valence-corrected chi connectivity index (χ1v) is 13.3. The van der Waals surface area contributed by atoms with Crippen LogP contribution in [0.15, 0.2) is 83.8 Å². The largest absolute Gasteiger partial charge is 0.416 e. The highest BCUT2D eigenvalue weighted by atomic mass is 32.2. The lowest BCUT2D eigenvalue weighted by Crippen LogP contribution is -2.51. The fraction of sp³-hybridized carbons (Fsp3) is 0.259. The molecule has 12 heteroatoms. The third-order valence-corrected chi connectivity index (χ3v) is 7.64. The molecule has 0 radical (unpaired) electrons. The number of amides is 2. The molecule has 0 aliphatic heterocycles. The van der Waals surface area contributed by atoms with Gasteiger partial charge in [0.05, 0.1) is 16.1 Å². The summed E-state index contributed by atoms with van der Waals surface area (Å²) in [6.45, 7) is 2.30. The highest BCUT2D eigenvalue weighted by Crippen LogP contribution is 2.33. The number of carbonyl (C=O) groups is 2. The van der Waals surface area contributed by atoms with Gasteiger partial charge in [-0.25, -0.2) is 12.8 Å². The summed E-state index contributed by atoms with van der Waals surface area (Å²) in [6.07, 6.45) is -4.76. The van der Waals surface area contributed by atoms with E-state index in [-0.39, 0.29) is 23.7 Å². The van der Waals surface area contributed by atoms with Gasteiger partial charge in [0.2, 0.25) is 11.8 Å². The first-order valence-electron chi connectivity index (χ1n) is 11.9. The SMILES string of the molecule is CCNC(=O)[C@H](C)N(Cc1ccc(F)cc1)C(=O)CN(c1cccc(C(F)(F)F)c1)S(=O)(=O)c1ccccc1. The Balaban J connectivity index is 2.07. The predicted octanol–water partition coefficient (Wildman–Crippen LogP) is 4.59. The third-order valence-electron chi connectivity index (χ3n) is 5.86. The molecule has 0 saturated carbocycles. The Morgan fingerprint density at radius 3 is 2.18 bits per heavy atom. The van der Waals surface area contributed by atoms with E-state index >= 15 is 0 Å². The van der Waals surface area contributed by atoms with Gasteiger partial charge in [0.1, 0.15) is 18.4 Å². The average molecular weight is 566 g/mol. The van der Waals surface area contributed by atoms with Gasteiger partial charge < -0.3 is 10.2 Å². The van der Waals surface area contributed by atoms with Gasteiger partial charge >= 0.3 is 6.18 Å². The molecule has 0 fully saturated rings. The van der Waals surface area contributed by atoms with Crippen molar-refractivity contribution in [2.45, 2.75) is 37.5 Å². The fourth-order valence-electron chi connectivity index (χ4n) is 3.78. The molecule has 208 valence electrons. The Hall–Kier alpha value is -3.93. The van der Waals surface area contributed by atoms with Crippen LogP contribution in [-0.2, 0) is 32.3 Å². The molecule has 0 bridgehead atoms. The van der Waals surface area contributed by atoms with E-state index in [4.69, 9.17) is 0 Å². The lowest BCUT2D eigenvalue weighted by Gasteiger charge is -2.32. The number of sulfonamides is 1. The van der Waals surface area contributed by atoms with Gasteiger partial charge in [-0.05, 0) is 61.9 Å². The van der Waals surface area contributed by atoms with E-state index in [1.807, 2.05) is 0 Å². The first-order chi connectivity index (χ1) is 18.3. The summed E-state index contributed by atoms with van der Waals surface area (Å²) in [6, 6.07) is 14.7. The van der Waals surface area contributed by atoms with Crippen LogP contribution in [0.25, 0.3) is 0 Å². The second-order valence-electron chi connectivity index (χ2n) is 8.59. The molecule has 0 saturated heterocycles. The minimum absolute atomic E-state index is 0.181. The number of alkyl halides is 3. The summed E-state index contributed by atoms with van der Waals surface area (Å²) < 4.78 is 81.6. The van der Waals surface area contributed by atoms with Crippen molar-refractivity contribution in [2.75, 3.05) is 17.4 Å². The number of nitrogens with one attached hydrogen (secondary N) is 1. The predicted molar refractivity (Wildman–Crippen MR) is 138 cm³/mol. The summed E-state index contributed by atoms with van der Waals surface area (Å²) >= 11 is 0. The Labute approximate surface area is 224 Å². The van der Waals surface area contributed by atoms with E-state index in [0.29, 0.717) is 15.9 Å². The number of hydrogen-bond donors (Lipinski definition) is 1. The number of halogens is 4. The summed E-state index contributed by atoms with van der Waals surface area (Å²) in [4.78, 5) is 27.2. The lowest BCUT2D eigenvalue weighted by atomic mass is 10.1. The molecule has 0 aromatic heterocycles. The summed E-state index contributed by atoms with van der Waals surface area (Å²) in [7, 11) is -4.51. The van der Waals surface area contributed by atoms with Gasteiger partial charge in [-0.3, -0.25) is 13.9 Å². The van der Waals surface area contributed by atoms with E-state index in [0.717, 1.165) is 23.1 Å². The van der Waals surface area contributed by atoms with E-state index in [1.165, 1.54) is 55.5 Å². The van der Waals surface area contributed by atoms with Crippen LogP contribution in [-0.4, -0.2) is 44.3 Å². The molecule has 3 aromatic rings. The zero-order chi connectivity index (χ0) is 28.8. The average Bonchev–Trinajstić information content (AvgIpc) is 2.91. The van der Waals surface area contributed by atoms with Gasteiger partial charge in [-0.1, -0.05) is 36.4 Å². The number of likely N-dealkylation sites (N-methyl/N-ethyl adjacent to an activating group) is 1. The number of benzene rings is 3. The Morgan fingerprint density at radius 1 is 0.949 bits per heavy atom. The zero-order valence-electron chi connectivity index (χ0n) is 21.2. The molecule has 1 atom stereocenters. The second kappa shape index (κ2) is 12.3. The number of anilines is 1. The van der Waals surface area contributed by atoms with Crippen molar-refractivity contribution in [3.8, 4) is 0 Å². The van der Waals surface area contributed by atoms with E-state index < -0.39 is 52.0 Å². The van der Waals surface area contributed by atoms with Crippen LogP contribution < -0.4 is 9.62 Å². The third kappa shape index (κ3) is 7.34. The molecule has 7 nitrogen and oxygen atoms in total. The van der Waals surface area contributed by atoms with Crippen molar-refractivity contribution in [3.05, 3.63) is 95.8 Å². The molecule has 0 spiro atoms. The quantitative estimate of drug-likeness (QED) is 0.365. The van der Waals surface area contributed by atoms with Crippen LogP contribution in [0.5, 0.6) is 0 Å². The van der Waals surface area contributed by atoms with Crippen molar-refractivity contribution in [2.24, 2.45) is 0 Å². The molecular formula is C27H27F4N3O4S. The Morgan fingerprint density at radius 2 is 1.59 bits per heavy atom. The highest BCUT2D eigenvalue weighted by Gasteiger charge is 2.35. The van der Waals surface area contributed by atoms with Gasteiger partial charge in [0.25, 0.3) is 10.0 Å². The molecular weight excluding hydrogens is 538 g/mol. The maximum atomic E-state index is 13.7. The van der Waals surface area contributed by atoms with E-state index in [9.17, 15) is 35.6 Å².